The van der Waals surface area contributed by atoms with Crippen LogP contribution in [0.15, 0.2) is 42.6 Å². The Bertz CT molecular complexity index is 837. The summed E-state index contributed by atoms with van der Waals surface area (Å²) in [6.45, 7) is 1.87. The SMILES string of the molecule is Cc1cc2nccc(C(=O)Nc3cccc(N(C)C)c3)n2n1. The molecule has 3 rings (SSSR count). The van der Waals surface area contributed by atoms with Gasteiger partial charge in [-0.05, 0) is 31.2 Å². The van der Waals surface area contributed by atoms with Gasteiger partial charge in [0.25, 0.3) is 5.91 Å². The lowest BCUT2D eigenvalue weighted by molar-refractivity contribution is 0.102. The Morgan fingerprint density at radius 2 is 2.05 bits per heavy atom. The first-order valence-electron chi connectivity index (χ1n) is 6.95. The van der Waals surface area contributed by atoms with E-state index in [1.54, 1.807) is 16.8 Å². The molecular formula is C16H17N5O. The number of carbonyl (C=O) groups is 1. The lowest BCUT2D eigenvalue weighted by Crippen LogP contribution is -2.17. The van der Waals surface area contributed by atoms with Crippen LogP contribution < -0.4 is 10.2 Å². The molecule has 6 nitrogen and oxygen atoms in total. The summed E-state index contributed by atoms with van der Waals surface area (Å²) in [5.74, 6) is -0.216. The molecule has 3 aromatic rings. The quantitative estimate of drug-likeness (QED) is 0.805. The van der Waals surface area contributed by atoms with Crippen LogP contribution >= 0.6 is 0 Å². The molecule has 0 unspecified atom stereocenters. The van der Waals surface area contributed by atoms with E-state index >= 15 is 0 Å². The van der Waals surface area contributed by atoms with Crippen molar-refractivity contribution in [2.75, 3.05) is 24.3 Å². The van der Waals surface area contributed by atoms with Crippen molar-refractivity contribution < 1.29 is 4.79 Å². The average Bonchev–Trinajstić information content (AvgIpc) is 2.87. The van der Waals surface area contributed by atoms with Gasteiger partial charge in [0.1, 0.15) is 5.69 Å². The molecule has 0 saturated carbocycles. The predicted octanol–water partition coefficient (Wildman–Crippen LogP) is 2.36. The number of nitrogens with one attached hydrogen (secondary N) is 1. The van der Waals surface area contributed by atoms with Gasteiger partial charge in [-0.3, -0.25) is 4.79 Å². The number of carbonyl (C=O) groups excluding carboxylic acids is 1. The van der Waals surface area contributed by atoms with Gasteiger partial charge in [-0.25, -0.2) is 9.50 Å². The average molecular weight is 295 g/mol. The highest BCUT2D eigenvalue weighted by atomic mass is 16.2. The molecule has 0 aliphatic rings. The molecule has 6 heteroatoms. The highest BCUT2D eigenvalue weighted by molar-refractivity contribution is 6.03. The minimum absolute atomic E-state index is 0.216. The Labute approximate surface area is 128 Å². The predicted molar refractivity (Wildman–Crippen MR) is 86.4 cm³/mol. The van der Waals surface area contributed by atoms with Crippen molar-refractivity contribution in [2.24, 2.45) is 0 Å². The molecule has 1 N–H and O–H groups in total. The Kier molecular flexibility index (Phi) is 3.50. The van der Waals surface area contributed by atoms with Crippen LogP contribution in [0.3, 0.4) is 0 Å². The van der Waals surface area contributed by atoms with E-state index < -0.39 is 0 Å². The summed E-state index contributed by atoms with van der Waals surface area (Å²) in [6, 6.07) is 11.2. The third-order valence-electron chi connectivity index (χ3n) is 3.33. The Balaban J connectivity index is 1.92. The van der Waals surface area contributed by atoms with Crippen molar-refractivity contribution in [1.82, 2.24) is 14.6 Å². The zero-order chi connectivity index (χ0) is 15.7. The zero-order valence-corrected chi connectivity index (χ0v) is 12.7. The monoisotopic (exact) mass is 295 g/mol. The Hall–Kier alpha value is -2.89. The van der Waals surface area contributed by atoms with Crippen molar-refractivity contribution in [3.8, 4) is 0 Å². The number of hydrogen-bond acceptors (Lipinski definition) is 4. The standard InChI is InChI=1S/C16H17N5O/c1-11-9-15-17-8-7-14(21(15)19-11)16(22)18-12-5-4-6-13(10-12)20(2)3/h4-10H,1-3H3,(H,18,22). The molecule has 1 aromatic carbocycles. The number of rotatable bonds is 3. The molecular weight excluding hydrogens is 278 g/mol. The summed E-state index contributed by atoms with van der Waals surface area (Å²) in [6.07, 6.45) is 1.61. The van der Waals surface area contributed by atoms with E-state index in [9.17, 15) is 4.79 Å². The fourth-order valence-corrected chi connectivity index (χ4v) is 2.24. The van der Waals surface area contributed by atoms with Gasteiger partial charge in [-0.15, -0.1) is 0 Å². The van der Waals surface area contributed by atoms with E-state index in [0.29, 0.717) is 11.3 Å². The van der Waals surface area contributed by atoms with Gasteiger partial charge in [0.2, 0.25) is 0 Å². The van der Waals surface area contributed by atoms with Gasteiger partial charge in [-0.1, -0.05) is 6.07 Å². The van der Waals surface area contributed by atoms with Gasteiger partial charge in [0.15, 0.2) is 5.65 Å². The molecule has 0 fully saturated rings. The van der Waals surface area contributed by atoms with Crippen LogP contribution in [0.1, 0.15) is 16.2 Å². The topological polar surface area (TPSA) is 62.5 Å². The van der Waals surface area contributed by atoms with E-state index in [1.165, 1.54) is 0 Å². The molecule has 1 amide bonds. The fraction of sp³-hybridized carbons (Fsp3) is 0.188. The minimum Gasteiger partial charge on any atom is -0.378 e. The normalized spacial score (nSPS) is 10.7. The van der Waals surface area contributed by atoms with Gasteiger partial charge < -0.3 is 10.2 Å². The van der Waals surface area contributed by atoms with Gasteiger partial charge >= 0.3 is 0 Å². The number of aryl methyl sites for hydroxylation is 1. The molecule has 0 atom stereocenters. The first-order valence-corrected chi connectivity index (χ1v) is 6.95. The van der Waals surface area contributed by atoms with E-state index in [0.717, 1.165) is 17.1 Å². The molecule has 0 bridgehead atoms. The first-order chi connectivity index (χ1) is 10.5. The van der Waals surface area contributed by atoms with Crippen LogP contribution in [0.4, 0.5) is 11.4 Å². The maximum absolute atomic E-state index is 12.5. The van der Waals surface area contributed by atoms with Gasteiger partial charge in [0, 0.05) is 37.7 Å². The number of benzene rings is 1. The highest BCUT2D eigenvalue weighted by Gasteiger charge is 2.12. The summed E-state index contributed by atoms with van der Waals surface area (Å²) in [4.78, 5) is 18.7. The van der Waals surface area contributed by atoms with Crippen LogP contribution in [0.25, 0.3) is 5.65 Å². The minimum atomic E-state index is -0.216. The second kappa shape index (κ2) is 5.48. The van der Waals surface area contributed by atoms with Crippen LogP contribution in [-0.4, -0.2) is 34.6 Å². The maximum atomic E-state index is 12.5. The molecule has 112 valence electrons. The van der Waals surface area contributed by atoms with Crippen LogP contribution in [-0.2, 0) is 0 Å². The molecule has 0 saturated heterocycles. The maximum Gasteiger partial charge on any atom is 0.274 e. The summed E-state index contributed by atoms with van der Waals surface area (Å²) < 4.78 is 1.56. The van der Waals surface area contributed by atoms with Crippen LogP contribution in [0.5, 0.6) is 0 Å². The number of fused-ring (bicyclic) bond motifs is 1. The second-order valence-electron chi connectivity index (χ2n) is 5.28. The second-order valence-corrected chi connectivity index (χ2v) is 5.28. The lowest BCUT2D eigenvalue weighted by Gasteiger charge is -2.14. The molecule has 0 spiro atoms. The van der Waals surface area contributed by atoms with E-state index in [1.807, 2.05) is 56.3 Å². The largest absolute Gasteiger partial charge is 0.378 e. The summed E-state index contributed by atoms with van der Waals surface area (Å²) >= 11 is 0. The van der Waals surface area contributed by atoms with Crippen LogP contribution in [0, 0.1) is 6.92 Å². The van der Waals surface area contributed by atoms with Crippen molar-refractivity contribution in [3.05, 3.63) is 54.0 Å². The molecule has 0 aliphatic heterocycles. The smallest absolute Gasteiger partial charge is 0.274 e. The van der Waals surface area contributed by atoms with Crippen molar-refractivity contribution in [3.63, 3.8) is 0 Å². The van der Waals surface area contributed by atoms with Gasteiger partial charge in [-0.2, -0.15) is 5.10 Å². The zero-order valence-electron chi connectivity index (χ0n) is 12.7. The first kappa shape index (κ1) is 14.1. The van der Waals surface area contributed by atoms with Crippen molar-refractivity contribution >= 4 is 22.9 Å². The number of amides is 1. The summed E-state index contributed by atoms with van der Waals surface area (Å²) in [7, 11) is 3.92. The van der Waals surface area contributed by atoms with E-state index in [2.05, 4.69) is 15.4 Å². The van der Waals surface area contributed by atoms with Gasteiger partial charge in [0.05, 0.1) is 5.69 Å². The molecule has 0 aliphatic carbocycles. The number of nitrogens with zero attached hydrogens (tertiary/aromatic N) is 4. The van der Waals surface area contributed by atoms with E-state index in [-0.39, 0.29) is 5.91 Å². The molecule has 0 radical (unpaired) electrons. The lowest BCUT2D eigenvalue weighted by atomic mass is 10.2. The van der Waals surface area contributed by atoms with E-state index in [4.69, 9.17) is 0 Å². The number of aromatic nitrogens is 3. The molecule has 2 heterocycles. The Morgan fingerprint density at radius 1 is 1.23 bits per heavy atom. The van der Waals surface area contributed by atoms with Crippen LogP contribution in [0.2, 0.25) is 0 Å². The number of anilines is 2. The van der Waals surface area contributed by atoms with Crippen molar-refractivity contribution in [2.45, 2.75) is 6.92 Å². The summed E-state index contributed by atoms with van der Waals surface area (Å²) in [5.41, 5.74) is 3.69. The Morgan fingerprint density at radius 3 is 2.82 bits per heavy atom. The third-order valence-corrected chi connectivity index (χ3v) is 3.33. The third kappa shape index (κ3) is 2.63. The molecule has 2 aromatic heterocycles. The fourth-order valence-electron chi connectivity index (χ4n) is 2.24. The summed E-state index contributed by atoms with van der Waals surface area (Å²) in [5, 5.41) is 7.21. The van der Waals surface area contributed by atoms with Crippen molar-refractivity contribution in [1.29, 1.82) is 0 Å². The number of hydrogen-bond donors (Lipinski definition) is 1. The highest BCUT2D eigenvalue weighted by Crippen LogP contribution is 2.18. The molecule has 22 heavy (non-hydrogen) atoms.